The second kappa shape index (κ2) is 6.51. The Hall–Kier alpha value is -0.950. The molecule has 0 saturated carbocycles. The molecule has 0 aromatic heterocycles. The summed E-state index contributed by atoms with van der Waals surface area (Å²) in [6, 6.07) is 8.13. The zero-order valence-corrected chi connectivity index (χ0v) is 14.9. The Morgan fingerprint density at radius 2 is 1.83 bits per heavy atom. The Kier molecular flexibility index (Phi) is 4.78. The molecule has 6 heteroatoms. The van der Waals surface area contributed by atoms with E-state index in [-0.39, 0.29) is 18.2 Å². The molecule has 0 radical (unpaired) electrons. The molecule has 0 N–H and O–H groups in total. The summed E-state index contributed by atoms with van der Waals surface area (Å²) in [6.07, 6.45) is 2.80. The van der Waals surface area contributed by atoms with Crippen LogP contribution in [0.5, 0.6) is 0 Å². The summed E-state index contributed by atoms with van der Waals surface area (Å²) in [5, 5.41) is 0. The molecule has 3 atom stereocenters. The minimum absolute atomic E-state index is 0.0689. The van der Waals surface area contributed by atoms with Gasteiger partial charge in [-0.05, 0) is 44.2 Å². The number of rotatable bonds is 3. The SMILES string of the molecule is C[C@@H]1CN(S(=O)(=O)N(C)[C@H]2CCCc3ccccc32)C[C@H](C)O1. The predicted octanol–water partition coefficient (Wildman–Crippen LogP) is 2.35. The van der Waals surface area contributed by atoms with Crippen LogP contribution in [0, 0.1) is 0 Å². The van der Waals surface area contributed by atoms with Crippen molar-refractivity contribution >= 4 is 10.2 Å². The first-order chi connectivity index (χ1) is 10.9. The Morgan fingerprint density at radius 3 is 2.52 bits per heavy atom. The Bertz CT molecular complexity index is 652. The molecule has 1 aliphatic heterocycles. The first-order valence-corrected chi connectivity index (χ1v) is 9.75. The van der Waals surface area contributed by atoms with Gasteiger partial charge in [-0.15, -0.1) is 0 Å². The highest BCUT2D eigenvalue weighted by Crippen LogP contribution is 2.35. The van der Waals surface area contributed by atoms with Crippen LogP contribution in [0.25, 0.3) is 0 Å². The summed E-state index contributed by atoms with van der Waals surface area (Å²) >= 11 is 0. The monoisotopic (exact) mass is 338 g/mol. The van der Waals surface area contributed by atoms with E-state index in [0.717, 1.165) is 24.8 Å². The molecule has 1 aliphatic carbocycles. The van der Waals surface area contributed by atoms with Crippen molar-refractivity contribution in [3.63, 3.8) is 0 Å². The first kappa shape index (κ1) is 16.9. The number of benzene rings is 1. The van der Waals surface area contributed by atoms with Crippen LogP contribution in [-0.4, -0.2) is 49.4 Å². The highest BCUT2D eigenvalue weighted by Gasteiger charge is 2.38. The quantitative estimate of drug-likeness (QED) is 0.850. The fourth-order valence-electron chi connectivity index (χ4n) is 3.77. The number of morpholine rings is 1. The third-order valence-electron chi connectivity index (χ3n) is 4.85. The van der Waals surface area contributed by atoms with Gasteiger partial charge < -0.3 is 4.74 Å². The van der Waals surface area contributed by atoms with Crippen LogP contribution >= 0.6 is 0 Å². The zero-order chi connectivity index (χ0) is 16.6. The second-order valence-corrected chi connectivity index (χ2v) is 8.69. The van der Waals surface area contributed by atoms with Crippen molar-refractivity contribution in [1.29, 1.82) is 0 Å². The molecular weight excluding hydrogens is 312 g/mol. The van der Waals surface area contributed by atoms with E-state index in [4.69, 9.17) is 4.74 Å². The maximum absolute atomic E-state index is 13.1. The number of ether oxygens (including phenoxy) is 1. The Morgan fingerprint density at radius 1 is 1.17 bits per heavy atom. The van der Waals surface area contributed by atoms with Crippen LogP contribution in [0.15, 0.2) is 24.3 Å². The maximum atomic E-state index is 13.1. The molecule has 2 aliphatic rings. The molecule has 1 fully saturated rings. The molecule has 0 unspecified atom stereocenters. The minimum Gasteiger partial charge on any atom is -0.373 e. The molecule has 23 heavy (non-hydrogen) atoms. The van der Waals surface area contributed by atoms with Crippen LogP contribution in [0.3, 0.4) is 0 Å². The van der Waals surface area contributed by atoms with E-state index in [1.807, 2.05) is 26.0 Å². The average molecular weight is 338 g/mol. The van der Waals surface area contributed by atoms with Crippen LogP contribution < -0.4 is 0 Å². The third-order valence-corrected chi connectivity index (χ3v) is 6.79. The number of hydrogen-bond acceptors (Lipinski definition) is 3. The lowest BCUT2D eigenvalue weighted by Crippen LogP contribution is -2.53. The van der Waals surface area contributed by atoms with Gasteiger partial charge in [-0.1, -0.05) is 24.3 Å². The van der Waals surface area contributed by atoms with Gasteiger partial charge in [0.2, 0.25) is 0 Å². The van der Waals surface area contributed by atoms with Gasteiger partial charge in [0, 0.05) is 20.1 Å². The molecule has 0 bridgehead atoms. The molecule has 0 amide bonds. The average Bonchev–Trinajstić information content (AvgIpc) is 2.52. The van der Waals surface area contributed by atoms with Crippen LogP contribution in [0.1, 0.15) is 43.9 Å². The van der Waals surface area contributed by atoms with Crippen molar-refractivity contribution in [3.05, 3.63) is 35.4 Å². The Labute approximate surface area is 139 Å². The molecule has 1 heterocycles. The Balaban J connectivity index is 1.86. The molecule has 128 valence electrons. The van der Waals surface area contributed by atoms with Crippen LogP contribution in [-0.2, 0) is 21.4 Å². The van der Waals surface area contributed by atoms with Gasteiger partial charge in [0.1, 0.15) is 0 Å². The molecule has 1 aromatic carbocycles. The topological polar surface area (TPSA) is 49.9 Å². The van der Waals surface area contributed by atoms with E-state index >= 15 is 0 Å². The highest BCUT2D eigenvalue weighted by molar-refractivity contribution is 7.86. The van der Waals surface area contributed by atoms with E-state index in [1.54, 1.807) is 15.7 Å². The van der Waals surface area contributed by atoms with Crippen molar-refractivity contribution < 1.29 is 13.2 Å². The van der Waals surface area contributed by atoms with Gasteiger partial charge >= 0.3 is 0 Å². The smallest absolute Gasteiger partial charge is 0.282 e. The fourth-order valence-corrected chi connectivity index (χ4v) is 5.47. The molecule has 0 spiro atoms. The fraction of sp³-hybridized carbons (Fsp3) is 0.647. The van der Waals surface area contributed by atoms with Crippen molar-refractivity contribution in [2.75, 3.05) is 20.1 Å². The summed E-state index contributed by atoms with van der Waals surface area (Å²) < 4.78 is 35.0. The largest absolute Gasteiger partial charge is 0.373 e. The molecule has 1 saturated heterocycles. The first-order valence-electron chi connectivity index (χ1n) is 8.36. The van der Waals surface area contributed by atoms with E-state index < -0.39 is 10.2 Å². The number of hydrogen-bond donors (Lipinski definition) is 0. The van der Waals surface area contributed by atoms with Crippen molar-refractivity contribution in [2.45, 2.75) is 51.4 Å². The van der Waals surface area contributed by atoms with E-state index in [0.29, 0.717) is 13.1 Å². The predicted molar refractivity (Wildman–Crippen MR) is 90.4 cm³/mol. The summed E-state index contributed by atoms with van der Waals surface area (Å²) in [5.74, 6) is 0. The van der Waals surface area contributed by atoms with Gasteiger partial charge in [-0.25, -0.2) is 0 Å². The maximum Gasteiger partial charge on any atom is 0.282 e. The summed E-state index contributed by atoms with van der Waals surface area (Å²) in [4.78, 5) is 0. The van der Waals surface area contributed by atoms with Crippen molar-refractivity contribution in [2.24, 2.45) is 0 Å². The third kappa shape index (κ3) is 3.31. The lowest BCUT2D eigenvalue weighted by molar-refractivity contribution is -0.0456. The number of nitrogens with zero attached hydrogens (tertiary/aromatic N) is 2. The standard InChI is InChI=1S/C17H26N2O3S/c1-13-11-19(12-14(2)22-13)23(20,21)18(3)17-10-6-8-15-7-4-5-9-16(15)17/h4-5,7,9,13-14,17H,6,8,10-12H2,1-3H3/t13-,14+,17-/m0/s1. The van der Waals surface area contributed by atoms with E-state index in [2.05, 4.69) is 12.1 Å². The summed E-state index contributed by atoms with van der Waals surface area (Å²) in [6.45, 7) is 4.69. The van der Waals surface area contributed by atoms with E-state index in [1.165, 1.54) is 5.56 Å². The van der Waals surface area contributed by atoms with Crippen LogP contribution in [0.4, 0.5) is 0 Å². The number of fused-ring (bicyclic) bond motifs is 1. The summed E-state index contributed by atoms with van der Waals surface area (Å²) in [5.41, 5.74) is 2.42. The van der Waals surface area contributed by atoms with Crippen molar-refractivity contribution in [1.82, 2.24) is 8.61 Å². The van der Waals surface area contributed by atoms with E-state index in [9.17, 15) is 8.42 Å². The molecule has 3 rings (SSSR count). The van der Waals surface area contributed by atoms with Gasteiger partial charge in [0.15, 0.2) is 0 Å². The zero-order valence-electron chi connectivity index (χ0n) is 14.1. The summed E-state index contributed by atoms with van der Waals surface area (Å²) in [7, 11) is -1.77. The highest BCUT2D eigenvalue weighted by atomic mass is 32.2. The van der Waals surface area contributed by atoms with Crippen LogP contribution in [0.2, 0.25) is 0 Å². The lowest BCUT2D eigenvalue weighted by Gasteiger charge is -2.39. The lowest BCUT2D eigenvalue weighted by atomic mass is 9.88. The van der Waals surface area contributed by atoms with Gasteiger partial charge in [-0.2, -0.15) is 17.0 Å². The van der Waals surface area contributed by atoms with Gasteiger partial charge in [-0.3, -0.25) is 0 Å². The molecule has 1 aromatic rings. The normalized spacial score (nSPS) is 29.5. The second-order valence-electron chi connectivity index (χ2n) is 6.71. The van der Waals surface area contributed by atoms with Gasteiger partial charge in [0.05, 0.1) is 18.2 Å². The number of aryl methyl sites for hydroxylation is 1. The van der Waals surface area contributed by atoms with Crippen molar-refractivity contribution in [3.8, 4) is 0 Å². The molecular formula is C17H26N2O3S. The van der Waals surface area contributed by atoms with Gasteiger partial charge in [0.25, 0.3) is 10.2 Å². The minimum atomic E-state index is -3.48. The molecule has 5 nitrogen and oxygen atoms in total.